The van der Waals surface area contributed by atoms with E-state index in [0.29, 0.717) is 25.6 Å². The smallest absolute Gasteiger partial charge is 0.227 e. The predicted octanol–water partition coefficient (Wildman–Crippen LogP) is 3.63. The maximum Gasteiger partial charge on any atom is 0.227 e. The lowest BCUT2D eigenvalue weighted by Gasteiger charge is -2.32. The zero-order valence-electron chi connectivity index (χ0n) is 20.0. The number of aryl methyl sites for hydroxylation is 2. The number of piperidine rings is 1. The van der Waals surface area contributed by atoms with Gasteiger partial charge in [0.15, 0.2) is 0 Å². The van der Waals surface area contributed by atoms with Gasteiger partial charge in [0.1, 0.15) is 11.6 Å². The third-order valence-corrected chi connectivity index (χ3v) is 7.38. The summed E-state index contributed by atoms with van der Waals surface area (Å²) < 4.78 is 28.3. The summed E-state index contributed by atoms with van der Waals surface area (Å²) in [5.41, 5.74) is 4.47. The van der Waals surface area contributed by atoms with Gasteiger partial charge in [0.25, 0.3) is 0 Å². The van der Waals surface area contributed by atoms with Crippen molar-refractivity contribution < 1.29 is 13.2 Å². The molecule has 0 aliphatic carbocycles. The molecule has 2 heterocycles. The van der Waals surface area contributed by atoms with Crippen molar-refractivity contribution in [3.63, 3.8) is 0 Å². The van der Waals surface area contributed by atoms with E-state index >= 15 is 0 Å². The van der Waals surface area contributed by atoms with Crippen LogP contribution in [0.15, 0.2) is 36.4 Å². The van der Waals surface area contributed by atoms with Crippen molar-refractivity contribution in [1.29, 1.82) is 0 Å². The molecule has 8 nitrogen and oxygen atoms in total. The highest BCUT2D eigenvalue weighted by Gasteiger charge is 2.25. The Labute approximate surface area is 201 Å². The summed E-state index contributed by atoms with van der Waals surface area (Å²) in [5, 5.41) is 9.76. The molecular formula is C25H33N5O3S. The van der Waals surface area contributed by atoms with Gasteiger partial charge in [-0.25, -0.2) is 18.5 Å². The first kappa shape index (κ1) is 24.2. The van der Waals surface area contributed by atoms with Gasteiger partial charge < -0.3 is 15.0 Å². The van der Waals surface area contributed by atoms with Crippen molar-refractivity contribution in [3.8, 4) is 5.75 Å². The Kier molecular flexibility index (Phi) is 7.23. The average molecular weight is 484 g/mol. The number of methoxy groups -OCH3 is 1. The number of aromatic nitrogens is 2. The number of anilines is 2. The standard InChI is InChI=1S/C25H33N5O3S/c1-4-19-14-21(33-3)7-6-20(19)15-27-24-22-8-5-17(2)13-23(22)28-25(29-24)30-11-9-18(10-12-30)16-34(26,31)32/h5-8,13-14,18H,4,9-12,15-16H2,1-3H3,(H2,26,31,32)(H,27,28,29). The van der Waals surface area contributed by atoms with Gasteiger partial charge in [-0.2, -0.15) is 4.98 Å². The number of nitrogens with zero attached hydrogens (tertiary/aromatic N) is 3. The monoisotopic (exact) mass is 483 g/mol. The minimum absolute atomic E-state index is 0.0348. The van der Waals surface area contributed by atoms with E-state index in [0.717, 1.165) is 47.3 Å². The maximum absolute atomic E-state index is 11.5. The lowest BCUT2D eigenvalue weighted by Crippen LogP contribution is -2.38. The number of fused-ring (bicyclic) bond motifs is 1. The second kappa shape index (κ2) is 10.1. The Morgan fingerprint density at radius 2 is 1.88 bits per heavy atom. The van der Waals surface area contributed by atoms with Crippen LogP contribution >= 0.6 is 0 Å². The summed E-state index contributed by atoms with van der Waals surface area (Å²) in [6, 6.07) is 12.4. The lowest BCUT2D eigenvalue weighted by atomic mass is 9.99. The number of primary sulfonamides is 1. The fourth-order valence-electron chi connectivity index (χ4n) is 4.54. The number of hydrogen-bond donors (Lipinski definition) is 2. The molecule has 0 unspecified atom stereocenters. The molecule has 1 aliphatic rings. The molecule has 182 valence electrons. The van der Waals surface area contributed by atoms with Crippen LogP contribution in [0, 0.1) is 12.8 Å². The van der Waals surface area contributed by atoms with Crippen molar-refractivity contribution in [2.24, 2.45) is 11.1 Å². The molecule has 0 saturated carbocycles. The first-order chi connectivity index (χ1) is 16.3. The summed E-state index contributed by atoms with van der Waals surface area (Å²) in [4.78, 5) is 11.9. The number of rotatable bonds is 8. The van der Waals surface area contributed by atoms with Gasteiger partial charge in [-0.3, -0.25) is 0 Å². The molecule has 9 heteroatoms. The minimum Gasteiger partial charge on any atom is -0.497 e. The van der Waals surface area contributed by atoms with Crippen molar-refractivity contribution in [3.05, 3.63) is 53.1 Å². The maximum atomic E-state index is 11.5. The van der Waals surface area contributed by atoms with Crippen molar-refractivity contribution in [2.45, 2.75) is 39.7 Å². The van der Waals surface area contributed by atoms with Crippen LogP contribution in [-0.4, -0.2) is 44.3 Å². The van der Waals surface area contributed by atoms with E-state index in [9.17, 15) is 8.42 Å². The molecule has 1 saturated heterocycles. The largest absolute Gasteiger partial charge is 0.497 e. The summed E-state index contributed by atoms with van der Waals surface area (Å²) in [7, 11) is -1.78. The van der Waals surface area contributed by atoms with Gasteiger partial charge in [0.2, 0.25) is 16.0 Å². The molecule has 0 bridgehead atoms. The number of sulfonamides is 1. The van der Waals surface area contributed by atoms with Crippen LogP contribution in [0.5, 0.6) is 5.75 Å². The van der Waals surface area contributed by atoms with E-state index in [1.807, 2.05) is 6.07 Å². The third-order valence-electron chi connectivity index (χ3n) is 6.45. The minimum atomic E-state index is -3.46. The number of nitrogens with one attached hydrogen (secondary N) is 1. The molecule has 3 N–H and O–H groups in total. The van der Waals surface area contributed by atoms with E-state index < -0.39 is 10.0 Å². The van der Waals surface area contributed by atoms with E-state index in [1.54, 1.807) is 7.11 Å². The number of benzene rings is 2. The zero-order chi connectivity index (χ0) is 24.3. The zero-order valence-corrected chi connectivity index (χ0v) is 20.9. The molecule has 1 aromatic heterocycles. The molecule has 34 heavy (non-hydrogen) atoms. The molecule has 0 amide bonds. The van der Waals surface area contributed by atoms with Crippen molar-refractivity contribution in [1.82, 2.24) is 9.97 Å². The third kappa shape index (κ3) is 5.77. The second-order valence-electron chi connectivity index (χ2n) is 8.99. The van der Waals surface area contributed by atoms with E-state index in [-0.39, 0.29) is 11.7 Å². The van der Waals surface area contributed by atoms with Gasteiger partial charge in [0, 0.05) is 25.0 Å². The van der Waals surface area contributed by atoms with Crippen LogP contribution in [0.1, 0.15) is 36.5 Å². The van der Waals surface area contributed by atoms with E-state index in [4.69, 9.17) is 19.8 Å². The van der Waals surface area contributed by atoms with Gasteiger partial charge in [-0.05, 0) is 73.1 Å². The quantitative estimate of drug-likeness (QED) is 0.503. The highest BCUT2D eigenvalue weighted by atomic mass is 32.2. The van der Waals surface area contributed by atoms with Crippen LogP contribution in [-0.2, 0) is 23.0 Å². The SMILES string of the molecule is CCc1cc(OC)ccc1CNc1nc(N2CCC(CS(N)(=O)=O)CC2)nc2cc(C)ccc12. The van der Waals surface area contributed by atoms with E-state index in [1.165, 1.54) is 11.1 Å². The van der Waals surface area contributed by atoms with Crippen LogP contribution in [0.2, 0.25) is 0 Å². The number of nitrogens with two attached hydrogens (primary N) is 1. The molecular weight excluding hydrogens is 450 g/mol. The molecule has 2 aromatic carbocycles. The van der Waals surface area contributed by atoms with Crippen LogP contribution in [0.3, 0.4) is 0 Å². The molecule has 1 fully saturated rings. The highest BCUT2D eigenvalue weighted by molar-refractivity contribution is 7.89. The first-order valence-electron chi connectivity index (χ1n) is 11.7. The summed E-state index contributed by atoms with van der Waals surface area (Å²) in [6.45, 7) is 6.24. The summed E-state index contributed by atoms with van der Waals surface area (Å²) >= 11 is 0. The average Bonchev–Trinajstić information content (AvgIpc) is 2.81. The van der Waals surface area contributed by atoms with Crippen LogP contribution in [0.4, 0.5) is 11.8 Å². The van der Waals surface area contributed by atoms with Gasteiger partial charge in [0.05, 0.1) is 18.4 Å². The summed E-state index contributed by atoms with van der Waals surface area (Å²) in [5.74, 6) is 2.43. The van der Waals surface area contributed by atoms with Crippen molar-refractivity contribution >= 4 is 32.7 Å². The molecule has 0 atom stereocenters. The molecule has 4 rings (SSSR count). The highest BCUT2D eigenvalue weighted by Crippen LogP contribution is 2.28. The van der Waals surface area contributed by atoms with E-state index in [2.05, 4.69) is 54.4 Å². The molecule has 0 radical (unpaired) electrons. The predicted molar refractivity (Wildman–Crippen MR) is 137 cm³/mol. The molecule has 3 aromatic rings. The summed E-state index contributed by atoms with van der Waals surface area (Å²) in [6.07, 6.45) is 2.41. The van der Waals surface area contributed by atoms with Crippen LogP contribution < -0.4 is 20.1 Å². The number of ether oxygens (including phenoxy) is 1. The Morgan fingerprint density at radius 1 is 1.12 bits per heavy atom. The number of hydrogen-bond acceptors (Lipinski definition) is 7. The Hall–Kier alpha value is -2.91. The lowest BCUT2D eigenvalue weighted by molar-refractivity contribution is 0.414. The van der Waals surface area contributed by atoms with Gasteiger partial charge in [-0.1, -0.05) is 19.1 Å². The fourth-order valence-corrected chi connectivity index (χ4v) is 5.53. The second-order valence-corrected chi connectivity index (χ2v) is 10.7. The molecule has 1 aliphatic heterocycles. The van der Waals surface area contributed by atoms with Gasteiger partial charge >= 0.3 is 0 Å². The van der Waals surface area contributed by atoms with Crippen LogP contribution in [0.25, 0.3) is 10.9 Å². The topological polar surface area (TPSA) is 110 Å². The van der Waals surface area contributed by atoms with Gasteiger partial charge in [-0.15, -0.1) is 0 Å². The van der Waals surface area contributed by atoms with Crippen molar-refractivity contribution in [2.75, 3.05) is 36.2 Å². The first-order valence-corrected chi connectivity index (χ1v) is 13.4. The Bertz CT molecular complexity index is 1270. The fraction of sp³-hybridized carbons (Fsp3) is 0.440. The Morgan fingerprint density at radius 3 is 2.56 bits per heavy atom. The normalized spacial score (nSPS) is 15.0. The Balaban J connectivity index is 1.59. The molecule has 0 spiro atoms.